The third-order valence-corrected chi connectivity index (χ3v) is 12.8. The fraction of sp³-hybridized carbons (Fsp3) is 0.123. The fourth-order valence-electron chi connectivity index (χ4n) is 9.94. The molecule has 0 aliphatic heterocycles. The predicted octanol–water partition coefficient (Wildman–Crippen LogP) is 12.5. The minimum Gasteiger partial charge on any atom is -0.492 e. The van der Waals surface area contributed by atoms with Crippen molar-refractivity contribution in [2.75, 3.05) is 26.4 Å². The van der Waals surface area contributed by atoms with E-state index in [4.69, 9.17) is 9.47 Å². The van der Waals surface area contributed by atoms with Gasteiger partial charge in [-0.25, -0.2) is 0 Å². The molecular formula is C57H44O4. The van der Waals surface area contributed by atoms with Gasteiger partial charge in [-0.15, -0.1) is 0 Å². The Balaban J connectivity index is 1.16. The molecule has 0 bridgehead atoms. The maximum atomic E-state index is 9.46. The molecule has 2 N–H and O–H groups in total. The normalized spacial score (nSPS) is 16.1. The van der Waals surface area contributed by atoms with Crippen molar-refractivity contribution in [1.82, 2.24) is 0 Å². The summed E-state index contributed by atoms with van der Waals surface area (Å²) in [4.78, 5) is 0. The molecule has 61 heavy (non-hydrogen) atoms. The fourth-order valence-corrected chi connectivity index (χ4v) is 9.94. The van der Waals surface area contributed by atoms with E-state index in [1.165, 1.54) is 82.8 Å². The van der Waals surface area contributed by atoms with Crippen molar-refractivity contribution in [3.8, 4) is 39.1 Å². The molecule has 0 heterocycles. The van der Waals surface area contributed by atoms with Gasteiger partial charge in [0.15, 0.2) is 0 Å². The van der Waals surface area contributed by atoms with Gasteiger partial charge in [-0.3, -0.25) is 0 Å². The second-order valence-corrected chi connectivity index (χ2v) is 16.3. The topological polar surface area (TPSA) is 58.9 Å². The van der Waals surface area contributed by atoms with Crippen LogP contribution in [0.2, 0.25) is 0 Å². The third-order valence-electron chi connectivity index (χ3n) is 12.8. The molecule has 0 fully saturated rings. The molecule has 0 saturated heterocycles. The van der Waals surface area contributed by atoms with Crippen LogP contribution in [-0.4, -0.2) is 36.6 Å². The number of rotatable bonds is 10. The summed E-state index contributed by atoms with van der Waals surface area (Å²) in [6.45, 7) is 0.473. The Bertz CT molecular complexity index is 3030. The van der Waals surface area contributed by atoms with Gasteiger partial charge in [0.1, 0.15) is 24.7 Å². The van der Waals surface area contributed by atoms with Crippen LogP contribution >= 0.6 is 0 Å². The van der Waals surface area contributed by atoms with Crippen LogP contribution in [0.15, 0.2) is 205 Å². The lowest BCUT2D eigenvalue weighted by atomic mass is 9.64. The smallest absolute Gasteiger partial charge is 0.120 e. The molecule has 8 aromatic rings. The first kappa shape index (κ1) is 37.1. The summed E-state index contributed by atoms with van der Waals surface area (Å²) in [5.74, 6) is 1.71. The van der Waals surface area contributed by atoms with Gasteiger partial charge in [0.05, 0.1) is 18.6 Å². The molecule has 296 valence electrons. The highest BCUT2D eigenvalue weighted by atomic mass is 16.5. The number of benzene rings is 8. The predicted molar refractivity (Wildman–Crippen MR) is 249 cm³/mol. The molecule has 4 heteroatoms. The van der Waals surface area contributed by atoms with Gasteiger partial charge in [0.25, 0.3) is 0 Å². The molecule has 0 saturated carbocycles. The average Bonchev–Trinajstić information content (AvgIpc) is 3.61. The Morgan fingerprint density at radius 3 is 1.70 bits per heavy atom. The summed E-state index contributed by atoms with van der Waals surface area (Å²) in [5, 5.41) is 26.0. The van der Waals surface area contributed by atoms with Gasteiger partial charge in [-0.05, 0) is 155 Å². The van der Waals surface area contributed by atoms with E-state index < -0.39 is 5.41 Å². The molecule has 4 nitrogen and oxygen atoms in total. The largest absolute Gasteiger partial charge is 0.492 e. The number of fused-ring (bicyclic) bond motifs is 7. The molecule has 0 aromatic heterocycles. The van der Waals surface area contributed by atoms with Gasteiger partial charge in [0.2, 0.25) is 0 Å². The van der Waals surface area contributed by atoms with E-state index in [0.29, 0.717) is 0 Å². The molecule has 8 aromatic carbocycles. The van der Waals surface area contributed by atoms with Crippen LogP contribution in [0.1, 0.15) is 23.1 Å². The summed E-state index contributed by atoms with van der Waals surface area (Å²) in [7, 11) is 0. The highest BCUT2D eigenvalue weighted by Crippen LogP contribution is 2.59. The summed E-state index contributed by atoms with van der Waals surface area (Å²) >= 11 is 0. The molecule has 11 rings (SSSR count). The first-order valence-corrected chi connectivity index (χ1v) is 21.2. The third kappa shape index (κ3) is 6.39. The van der Waals surface area contributed by atoms with Crippen LogP contribution in [0, 0.1) is 5.92 Å². The van der Waals surface area contributed by atoms with Crippen LogP contribution in [0.3, 0.4) is 0 Å². The molecular weight excluding hydrogens is 749 g/mol. The van der Waals surface area contributed by atoms with Crippen molar-refractivity contribution in [2.45, 2.75) is 11.8 Å². The van der Waals surface area contributed by atoms with Crippen LogP contribution in [0.4, 0.5) is 0 Å². The van der Waals surface area contributed by atoms with Crippen molar-refractivity contribution < 1.29 is 19.7 Å². The number of hydrogen-bond donors (Lipinski definition) is 2. The molecule has 0 radical (unpaired) electrons. The van der Waals surface area contributed by atoms with Gasteiger partial charge >= 0.3 is 0 Å². The first-order valence-electron chi connectivity index (χ1n) is 21.2. The quantitative estimate of drug-likeness (QED) is 0.145. The molecule has 3 aliphatic carbocycles. The summed E-state index contributed by atoms with van der Waals surface area (Å²) < 4.78 is 11.7. The lowest BCUT2D eigenvalue weighted by Crippen LogP contribution is -2.31. The second kappa shape index (κ2) is 15.2. The van der Waals surface area contributed by atoms with Gasteiger partial charge in [0, 0.05) is 5.92 Å². The molecule has 1 atom stereocenters. The van der Waals surface area contributed by atoms with Gasteiger partial charge in [-0.2, -0.15) is 0 Å². The van der Waals surface area contributed by atoms with Crippen LogP contribution in [-0.2, 0) is 10.2 Å². The Labute approximate surface area is 355 Å². The number of allylic oxidation sites excluding steroid dienone is 7. The van der Waals surface area contributed by atoms with Crippen molar-refractivity contribution in [3.63, 3.8) is 0 Å². The van der Waals surface area contributed by atoms with Crippen molar-refractivity contribution >= 4 is 32.3 Å². The Hall–Kier alpha value is -6.98. The summed E-state index contributed by atoms with van der Waals surface area (Å²) in [6.07, 6.45) is 12.1. The number of aliphatic hydroxyl groups is 2. The van der Waals surface area contributed by atoms with E-state index in [0.717, 1.165) is 28.7 Å². The summed E-state index contributed by atoms with van der Waals surface area (Å²) in [6, 6.07) is 58.0. The SMILES string of the molecule is OCCOC1=CC2CC=C(C3(c4ccc5cc(OCCO)ccc5c4)c4cc(-c5ccc6ccccc6c5)ccc4-c4ccc(-c5ccc6ccccc6c5)cc43)C=C2C=C1. The van der Waals surface area contributed by atoms with E-state index >= 15 is 0 Å². The zero-order chi connectivity index (χ0) is 40.9. The Kier molecular flexibility index (Phi) is 9.26. The van der Waals surface area contributed by atoms with E-state index in [2.05, 4.69) is 176 Å². The maximum Gasteiger partial charge on any atom is 0.120 e. The van der Waals surface area contributed by atoms with E-state index in [1.54, 1.807) is 0 Å². The average molecular weight is 793 g/mol. The molecule has 3 aliphatic rings. The highest BCUT2D eigenvalue weighted by molar-refractivity contribution is 5.95. The standard InChI is InChI=1S/C57H44O4/c58-25-27-60-51-21-15-43-31-49(19-13-45(43)33-51)57(50-20-14-46-34-52(61-28-26-59)22-16-44(46)32-50)55-35-47(41-11-9-37-5-1-3-7-39(37)29-41)17-23-53(55)54-24-18-48(36-56(54)57)42-12-10-38-6-2-4-8-40(38)30-42/h1-13,15-24,29-36,46,58-59H,14,25-28H2. The second-order valence-electron chi connectivity index (χ2n) is 16.3. The lowest BCUT2D eigenvalue weighted by Gasteiger charge is -2.38. The minimum absolute atomic E-state index is 0.0188. The van der Waals surface area contributed by atoms with Crippen molar-refractivity contribution in [3.05, 3.63) is 222 Å². The summed E-state index contributed by atoms with van der Waals surface area (Å²) in [5.41, 5.74) is 12.7. The van der Waals surface area contributed by atoms with E-state index in [-0.39, 0.29) is 32.3 Å². The Morgan fingerprint density at radius 2 is 1.05 bits per heavy atom. The van der Waals surface area contributed by atoms with Crippen molar-refractivity contribution in [2.24, 2.45) is 5.92 Å². The number of hydrogen-bond acceptors (Lipinski definition) is 4. The van der Waals surface area contributed by atoms with Crippen molar-refractivity contribution in [1.29, 1.82) is 0 Å². The highest BCUT2D eigenvalue weighted by Gasteiger charge is 2.48. The molecule has 1 unspecified atom stereocenters. The Morgan fingerprint density at radius 1 is 0.508 bits per heavy atom. The zero-order valence-electron chi connectivity index (χ0n) is 33.7. The molecule has 0 spiro atoms. The van der Waals surface area contributed by atoms with Gasteiger partial charge < -0.3 is 19.7 Å². The van der Waals surface area contributed by atoms with Gasteiger partial charge in [-0.1, -0.05) is 133 Å². The van der Waals surface area contributed by atoms with Crippen LogP contribution in [0.25, 0.3) is 65.7 Å². The first-order chi connectivity index (χ1) is 30.1. The van der Waals surface area contributed by atoms with E-state index in [9.17, 15) is 10.2 Å². The van der Waals surface area contributed by atoms with Crippen LogP contribution in [0.5, 0.6) is 5.75 Å². The minimum atomic E-state index is -0.673. The molecule has 0 amide bonds. The number of aliphatic hydroxyl groups excluding tert-OH is 2. The monoisotopic (exact) mass is 792 g/mol. The lowest BCUT2D eigenvalue weighted by molar-refractivity contribution is 0.150. The zero-order valence-corrected chi connectivity index (χ0v) is 33.7. The number of ether oxygens (including phenoxy) is 2. The van der Waals surface area contributed by atoms with Crippen LogP contribution < -0.4 is 4.74 Å². The van der Waals surface area contributed by atoms with E-state index in [1.807, 2.05) is 12.1 Å². The maximum absolute atomic E-state index is 9.46.